The molecule has 2 saturated heterocycles. The lowest BCUT2D eigenvalue weighted by Crippen LogP contribution is -2.29. The molecule has 2 aliphatic heterocycles. The van der Waals surface area contributed by atoms with E-state index >= 15 is 0 Å². The van der Waals surface area contributed by atoms with Gasteiger partial charge < -0.3 is 9.72 Å². The number of benzene rings is 2. The molecule has 0 radical (unpaired) electrons. The Kier molecular flexibility index (Phi) is 7.93. The molecule has 234 valence electrons. The average Bonchev–Trinajstić information content (AvgIpc) is 3.85. The minimum atomic E-state index is -0.314. The SMILES string of the molecule is Fc1cc(OCCN2CCCC2)cc(-c2cccc3[nH]c(-c4n[nH]c5ccc(-c6cncc(CN7CCCCC7)c6)nc45)cc23)c1. The Morgan fingerprint density at radius 3 is 2.54 bits per heavy atom. The molecule has 0 bridgehead atoms. The number of halogens is 1. The number of likely N-dealkylation sites (tertiary alicyclic amines) is 2. The second-order valence-electron chi connectivity index (χ2n) is 12.6. The Morgan fingerprint density at radius 2 is 1.65 bits per heavy atom. The van der Waals surface area contributed by atoms with Crippen LogP contribution in [0.5, 0.6) is 5.75 Å². The molecule has 6 aromatic rings. The van der Waals surface area contributed by atoms with Crippen molar-refractivity contribution in [2.24, 2.45) is 0 Å². The first-order chi connectivity index (χ1) is 22.7. The van der Waals surface area contributed by atoms with Gasteiger partial charge in [-0.3, -0.25) is 19.9 Å². The van der Waals surface area contributed by atoms with Crippen molar-refractivity contribution >= 4 is 21.9 Å². The number of aromatic nitrogens is 5. The number of aromatic amines is 2. The third-order valence-corrected chi connectivity index (χ3v) is 9.33. The Labute approximate surface area is 267 Å². The third-order valence-electron chi connectivity index (χ3n) is 9.33. The summed E-state index contributed by atoms with van der Waals surface area (Å²) in [6, 6.07) is 19.3. The lowest BCUT2D eigenvalue weighted by molar-refractivity contribution is 0.220. The van der Waals surface area contributed by atoms with Gasteiger partial charge in [0.1, 0.15) is 29.4 Å². The lowest BCUT2D eigenvalue weighted by atomic mass is 10.0. The molecule has 2 fully saturated rings. The first-order valence-electron chi connectivity index (χ1n) is 16.5. The van der Waals surface area contributed by atoms with Crippen LogP contribution in [0.15, 0.2) is 73.1 Å². The summed E-state index contributed by atoms with van der Waals surface area (Å²) < 4.78 is 20.8. The van der Waals surface area contributed by atoms with Crippen LogP contribution in [0.1, 0.15) is 37.7 Å². The maximum atomic E-state index is 14.8. The Morgan fingerprint density at radius 1 is 0.804 bits per heavy atom. The molecule has 8 rings (SSSR count). The number of piperidine rings is 1. The molecule has 0 saturated carbocycles. The molecule has 2 aromatic carbocycles. The molecule has 2 N–H and O–H groups in total. The molecule has 0 amide bonds. The fourth-order valence-corrected chi connectivity index (χ4v) is 6.97. The highest BCUT2D eigenvalue weighted by Crippen LogP contribution is 2.36. The van der Waals surface area contributed by atoms with E-state index in [0.29, 0.717) is 12.4 Å². The second kappa shape index (κ2) is 12.7. The van der Waals surface area contributed by atoms with Crippen LogP contribution in [0.3, 0.4) is 0 Å². The number of H-pyrrole nitrogens is 2. The van der Waals surface area contributed by atoms with E-state index in [1.165, 1.54) is 43.7 Å². The molecule has 2 aliphatic rings. The molecule has 0 unspecified atom stereocenters. The molecule has 46 heavy (non-hydrogen) atoms. The van der Waals surface area contributed by atoms with E-state index in [0.717, 1.165) is 95.0 Å². The van der Waals surface area contributed by atoms with Crippen LogP contribution < -0.4 is 4.74 Å². The molecule has 0 atom stereocenters. The van der Waals surface area contributed by atoms with E-state index in [1.807, 2.05) is 48.8 Å². The Bertz CT molecular complexity index is 1990. The van der Waals surface area contributed by atoms with Gasteiger partial charge in [-0.25, -0.2) is 9.37 Å². The quantitative estimate of drug-likeness (QED) is 0.176. The summed E-state index contributed by atoms with van der Waals surface area (Å²) in [7, 11) is 0. The van der Waals surface area contributed by atoms with E-state index in [-0.39, 0.29) is 5.82 Å². The first kappa shape index (κ1) is 28.8. The number of ether oxygens (including phenoxy) is 1. The summed E-state index contributed by atoms with van der Waals surface area (Å²) in [5.74, 6) is 0.234. The molecule has 6 heterocycles. The Hall–Kier alpha value is -4.60. The molecule has 0 aliphatic carbocycles. The average molecular weight is 616 g/mol. The molecule has 9 heteroatoms. The van der Waals surface area contributed by atoms with Crippen molar-refractivity contribution in [3.05, 3.63) is 84.4 Å². The van der Waals surface area contributed by atoms with Gasteiger partial charge in [-0.1, -0.05) is 18.6 Å². The minimum Gasteiger partial charge on any atom is -0.492 e. The van der Waals surface area contributed by atoms with Gasteiger partial charge >= 0.3 is 0 Å². The third kappa shape index (κ3) is 6.00. The predicted octanol–water partition coefficient (Wildman–Crippen LogP) is 7.43. The van der Waals surface area contributed by atoms with E-state index in [9.17, 15) is 4.39 Å². The number of nitrogens with zero attached hydrogens (tertiary/aromatic N) is 5. The van der Waals surface area contributed by atoms with Crippen molar-refractivity contribution in [1.29, 1.82) is 0 Å². The topological polar surface area (TPSA) is 86.0 Å². The van der Waals surface area contributed by atoms with Crippen molar-refractivity contribution in [3.63, 3.8) is 0 Å². The van der Waals surface area contributed by atoms with Crippen LogP contribution in [-0.4, -0.2) is 74.3 Å². The summed E-state index contributed by atoms with van der Waals surface area (Å²) in [4.78, 5) is 18.1. The van der Waals surface area contributed by atoms with Gasteiger partial charge in [-0.2, -0.15) is 5.10 Å². The minimum absolute atomic E-state index is 0.314. The van der Waals surface area contributed by atoms with E-state index in [2.05, 4.69) is 42.1 Å². The summed E-state index contributed by atoms with van der Waals surface area (Å²) in [6.07, 6.45) is 10.2. The van der Waals surface area contributed by atoms with Crippen LogP contribution in [0.25, 0.3) is 55.7 Å². The Balaban J connectivity index is 1.08. The number of hydrogen-bond acceptors (Lipinski definition) is 6. The highest BCUT2D eigenvalue weighted by molar-refractivity contribution is 6.00. The number of fused-ring (bicyclic) bond motifs is 2. The van der Waals surface area contributed by atoms with Gasteiger partial charge in [0.25, 0.3) is 0 Å². The van der Waals surface area contributed by atoms with Gasteiger partial charge in [0, 0.05) is 48.0 Å². The largest absolute Gasteiger partial charge is 0.492 e. The van der Waals surface area contributed by atoms with Gasteiger partial charge in [-0.05, 0) is 111 Å². The zero-order chi connectivity index (χ0) is 30.9. The number of pyridine rings is 2. The van der Waals surface area contributed by atoms with Crippen molar-refractivity contribution in [3.8, 4) is 39.5 Å². The standard InChI is InChI=1S/C37H38FN7O/c38-28-18-26(19-29(20-28)46-16-15-44-11-4-5-12-44)30-7-6-8-33-31(30)21-35(40-33)37-36-34(42-43-37)10-9-32(41-36)27-17-25(22-39-23-27)24-45-13-2-1-3-14-45/h6-10,17-23,40H,1-5,11-16,24H2,(H,42,43). The molecule has 4 aromatic heterocycles. The van der Waals surface area contributed by atoms with Crippen molar-refractivity contribution in [1.82, 2.24) is 34.9 Å². The number of nitrogens with one attached hydrogen (secondary N) is 2. The predicted molar refractivity (Wildman–Crippen MR) is 180 cm³/mol. The first-order valence-corrected chi connectivity index (χ1v) is 16.5. The van der Waals surface area contributed by atoms with Crippen molar-refractivity contribution in [2.75, 3.05) is 39.3 Å². The van der Waals surface area contributed by atoms with Crippen LogP contribution in [0, 0.1) is 5.82 Å². The zero-order valence-electron chi connectivity index (χ0n) is 25.9. The van der Waals surface area contributed by atoms with Crippen molar-refractivity contribution < 1.29 is 9.13 Å². The molecular weight excluding hydrogens is 577 g/mol. The van der Waals surface area contributed by atoms with Crippen LogP contribution >= 0.6 is 0 Å². The van der Waals surface area contributed by atoms with Gasteiger partial charge in [0.15, 0.2) is 0 Å². The van der Waals surface area contributed by atoms with Gasteiger partial charge in [0.2, 0.25) is 0 Å². The number of hydrogen-bond donors (Lipinski definition) is 2. The lowest BCUT2D eigenvalue weighted by Gasteiger charge is -2.26. The van der Waals surface area contributed by atoms with Crippen molar-refractivity contribution in [2.45, 2.75) is 38.6 Å². The monoisotopic (exact) mass is 615 g/mol. The molecule has 8 nitrogen and oxygen atoms in total. The molecule has 0 spiro atoms. The van der Waals surface area contributed by atoms with Gasteiger partial charge in [-0.15, -0.1) is 0 Å². The number of rotatable bonds is 9. The highest BCUT2D eigenvalue weighted by atomic mass is 19.1. The second-order valence-corrected chi connectivity index (χ2v) is 12.6. The maximum Gasteiger partial charge on any atom is 0.135 e. The van der Waals surface area contributed by atoms with Crippen LogP contribution in [0.2, 0.25) is 0 Å². The highest BCUT2D eigenvalue weighted by Gasteiger charge is 2.17. The van der Waals surface area contributed by atoms with E-state index < -0.39 is 0 Å². The van der Waals surface area contributed by atoms with E-state index in [4.69, 9.17) is 9.72 Å². The fraction of sp³-hybridized carbons (Fsp3) is 0.324. The summed E-state index contributed by atoms with van der Waals surface area (Å²) in [5, 5.41) is 8.79. The van der Waals surface area contributed by atoms with Gasteiger partial charge in [0.05, 0.1) is 16.9 Å². The normalized spacial score (nSPS) is 16.1. The van der Waals surface area contributed by atoms with Crippen LogP contribution in [-0.2, 0) is 6.54 Å². The summed E-state index contributed by atoms with van der Waals surface area (Å²) in [5.41, 5.74) is 8.91. The molecular formula is C37H38FN7O. The summed E-state index contributed by atoms with van der Waals surface area (Å²) in [6.45, 7) is 6.83. The maximum absolute atomic E-state index is 14.8. The smallest absolute Gasteiger partial charge is 0.135 e. The summed E-state index contributed by atoms with van der Waals surface area (Å²) >= 11 is 0. The van der Waals surface area contributed by atoms with E-state index in [1.54, 1.807) is 6.07 Å². The fourth-order valence-electron chi connectivity index (χ4n) is 6.97. The zero-order valence-corrected chi connectivity index (χ0v) is 25.9. The van der Waals surface area contributed by atoms with Crippen LogP contribution in [0.4, 0.5) is 4.39 Å².